The number of rotatable bonds is 4. The van der Waals surface area contributed by atoms with Gasteiger partial charge in [-0.2, -0.15) is 5.26 Å². The van der Waals surface area contributed by atoms with Crippen molar-refractivity contribution in [2.45, 2.75) is 51.4 Å². The highest BCUT2D eigenvalue weighted by Crippen LogP contribution is 2.19. The number of H-pyrrole nitrogens is 1. The molecule has 7 nitrogen and oxygen atoms in total. The fraction of sp³-hybridized carbons (Fsp3) is 0.500. The number of benzene rings is 1. The number of carbonyl (C=O) groups excluding carboxylic acids is 1. The first-order valence-corrected chi connectivity index (χ1v) is 10.1. The molecule has 0 saturated carbocycles. The molecule has 1 aromatic carbocycles. The molecule has 0 bridgehead atoms. The van der Waals surface area contributed by atoms with Gasteiger partial charge in [-0.3, -0.25) is 9.69 Å². The molecule has 2 heterocycles. The van der Waals surface area contributed by atoms with E-state index in [4.69, 9.17) is 10.00 Å². The molecule has 1 aliphatic rings. The molecule has 8 heteroatoms. The minimum absolute atomic E-state index is 0.157. The van der Waals surface area contributed by atoms with E-state index in [1.54, 1.807) is 18.2 Å². The van der Waals surface area contributed by atoms with Gasteiger partial charge in [-0.1, -0.05) is 6.07 Å². The Morgan fingerprint density at radius 2 is 2.17 bits per heavy atom. The summed E-state index contributed by atoms with van der Waals surface area (Å²) >= 11 is 0. The van der Waals surface area contributed by atoms with Crippen molar-refractivity contribution in [3.63, 3.8) is 0 Å². The van der Waals surface area contributed by atoms with Crippen molar-refractivity contribution < 1.29 is 13.9 Å². The predicted octanol–water partition coefficient (Wildman–Crippen LogP) is 2.88. The average Bonchev–Trinajstić information content (AvgIpc) is 2.66. The second-order valence-electron chi connectivity index (χ2n) is 8.71. The van der Waals surface area contributed by atoms with Crippen molar-refractivity contribution in [2.75, 3.05) is 19.6 Å². The number of aromatic nitrogens is 1. The fourth-order valence-corrected chi connectivity index (χ4v) is 3.54. The SMILES string of the molecule is CC(C)(C)NC(=O)OC1CCN(CCc2cc3ccc(C#N)cc3[nH]c2=O)CC1F. The predicted molar refractivity (Wildman–Crippen MR) is 112 cm³/mol. The van der Waals surface area contributed by atoms with E-state index in [9.17, 15) is 14.0 Å². The van der Waals surface area contributed by atoms with Gasteiger partial charge in [0.25, 0.3) is 5.56 Å². The van der Waals surface area contributed by atoms with Gasteiger partial charge in [-0.05, 0) is 50.8 Å². The fourth-order valence-electron chi connectivity index (χ4n) is 3.54. The number of alkyl halides is 1. The number of aromatic amines is 1. The zero-order chi connectivity index (χ0) is 21.9. The average molecular weight is 414 g/mol. The maximum absolute atomic E-state index is 14.5. The lowest BCUT2D eigenvalue weighted by atomic mass is 10.0. The number of nitriles is 1. The number of pyridine rings is 1. The first-order valence-electron chi connectivity index (χ1n) is 10.1. The number of ether oxygens (including phenoxy) is 1. The number of piperidine rings is 1. The lowest BCUT2D eigenvalue weighted by Gasteiger charge is -2.34. The number of nitrogens with one attached hydrogen (secondary N) is 2. The van der Waals surface area contributed by atoms with E-state index < -0.39 is 23.9 Å². The molecule has 2 atom stereocenters. The van der Waals surface area contributed by atoms with Crippen LogP contribution in [0.25, 0.3) is 10.9 Å². The van der Waals surface area contributed by atoms with Gasteiger partial charge in [0.2, 0.25) is 0 Å². The molecule has 1 fully saturated rings. The summed E-state index contributed by atoms with van der Waals surface area (Å²) in [7, 11) is 0. The van der Waals surface area contributed by atoms with Crippen LogP contribution in [-0.4, -0.2) is 53.4 Å². The smallest absolute Gasteiger partial charge is 0.407 e. The topological polar surface area (TPSA) is 98.2 Å². The van der Waals surface area contributed by atoms with Crippen LogP contribution < -0.4 is 10.9 Å². The number of halogens is 1. The van der Waals surface area contributed by atoms with Crippen LogP contribution in [0.4, 0.5) is 9.18 Å². The van der Waals surface area contributed by atoms with Crippen LogP contribution in [0.1, 0.15) is 38.3 Å². The zero-order valence-corrected chi connectivity index (χ0v) is 17.5. The molecule has 3 rings (SSSR count). The molecular weight excluding hydrogens is 387 g/mol. The third-order valence-electron chi connectivity index (χ3n) is 5.05. The van der Waals surface area contributed by atoms with E-state index in [1.165, 1.54) is 0 Å². The van der Waals surface area contributed by atoms with Gasteiger partial charge in [-0.15, -0.1) is 0 Å². The highest BCUT2D eigenvalue weighted by molar-refractivity contribution is 5.80. The number of nitrogens with zero attached hydrogens (tertiary/aromatic N) is 2. The zero-order valence-electron chi connectivity index (χ0n) is 17.5. The van der Waals surface area contributed by atoms with E-state index in [0.717, 1.165) is 5.39 Å². The molecular formula is C22H27FN4O3. The van der Waals surface area contributed by atoms with E-state index in [-0.39, 0.29) is 12.1 Å². The molecule has 1 aliphatic heterocycles. The van der Waals surface area contributed by atoms with Crippen LogP contribution in [-0.2, 0) is 11.2 Å². The van der Waals surface area contributed by atoms with Gasteiger partial charge in [0.05, 0.1) is 11.6 Å². The maximum Gasteiger partial charge on any atom is 0.407 e. The van der Waals surface area contributed by atoms with E-state index >= 15 is 0 Å². The van der Waals surface area contributed by atoms with Gasteiger partial charge >= 0.3 is 6.09 Å². The molecule has 1 amide bonds. The first-order chi connectivity index (χ1) is 14.1. The molecule has 0 spiro atoms. The van der Waals surface area contributed by atoms with Crippen molar-refractivity contribution in [3.8, 4) is 6.07 Å². The molecule has 0 radical (unpaired) electrons. The van der Waals surface area contributed by atoms with Crippen LogP contribution in [0.2, 0.25) is 0 Å². The lowest BCUT2D eigenvalue weighted by Crippen LogP contribution is -2.49. The Morgan fingerprint density at radius 3 is 2.83 bits per heavy atom. The molecule has 1 saturated heterocycles. The van der Waals surface area contributed by atoms with E-state index in [1.807, 2.05) is 31.7 Å². The summed E-state index contributed by atoms with van der Waals surface area (Å²) in [6, 6.07) is 9.02. The third-order valence-corrected chi connectivity index (χ3v) is 5.05. The van der Waals surface area contributed by atoms with Gasteiger partial charge in [-0.25, -0.2) is 9.18 Å². The summed E-state index contributed by atoms with van der Waals surface area (Å²) < 4.78 is 19.8. The van der Waals surface area contributed by atoms with Crippen molar-refractivity contribution in [2.24, 2.45) is 0 Å². The molecule has 2 N–H and O–H groups in total. The number of carbonyl (C=O) groups is 1. The standard InChI is InChI=1S/C22H27FN4O3/c1-22(2,3)26-21(29)30-19-7-9-27(13-17(19)23)8-6-16-11-15-5-4-14(12-24)10-18(15)25-20(16)28/h4-5,10-11,17,19H,6-9,13H2,1-3H3,(H,25,28)(H,26,29). The minimum atomic E-state index is -1.27. The highest BCUT2D eigenvalue weighted by atomic mass is 19.1. The van der Waals surface area contributed by atoms with E-state index in [0.29, 0.717) is 42.6 Å². The summed E-state index contributed by atoms with van der Waals surface area (Å²) in [6.45, 7) is 6.78. The Morgan fingerprint density at radius 1 is 1.40 bits per heavy atom. The molecule has 1 aromatic heterocycles. The van der Waals surface area contributed by atoms with Crippen LogP contribution in [0.15, 0.2) is 29.1 Å². The molecule has 2 aromatic rings. The Hall–Kier alpha value is -2.92. The largest absolute Gasteiger partial charge is 0.443 e. The van der Waals surface area contributed by atoms with Gasteiger partial charge in [0, 0.05) is 42.7 Å². The Balaban J connectivity index is 1.56. The Labute approximate surface area is 174 Å². The summed E-state index contributed by atoms with van der Waals surface area (Å²) in [5.41, 5.74) is 1.09. The van der Waals surface area contributed by atoms with Crippen LogP contribution in [0.5, 0.6) is 0 Å². The summed E-state index contributed by atoms with van der Waals surface area (Å²) in [6.07, 6.45) is -1.76. The van der Waals surface area contributed by atoms with Gasteiger partial charge < -0.3 is 15.0 Å². The number of alkyl carbamates (subject to hydrolysis) is 1. The normalized spacial score (nSPS) is 20.0. The molecule has 2 unspecified atom stereocenters. The second kappa shape index (κ2) is 8.84. The summed E-state index contributed by atoms with van der Waals surface area (Å²) in [5.74, 6) is 0. The van der Waals surface area contributed by atoms with Crippen molar-refractivity contribution in [1.29, 1.82) is 5.26 Å². The van der Waals surface area contributed by atoms with Crippen molar-refractivity contribution in [1.82, 2.24) is 15.2 Å². The van der Waals surface area contributed by atoms with Crippen LogP contribution in [0, 0.1) is 11.3 Å². The van der Waals surface area contributed by atoms with Gasteiger partial charge in [0.15, 0.2) is 0 Å². The van der Waals surface area contributed by atoms with Crippen LogP contribution >= 0.6 is 0 Å². The molecule has 0 aliphatic carbocycles. The monoisotopic (exact) mass is 414 g/mol. The number of hydrogen-bond donors (Lipinski definition) is 2. The highest BCUT2D eigenvalue weighted by Gasteiger charge is 2.32. The number of amides is 1. The Kier molecular flexibility index (Phi) is 6.42. The molecule has 30 heavy (non-hydrogen) atoms. The Bertz CT molecular complexity index is 1020. The van der Waals surface area contributed by atoms with Gasteiger partial charge in [0.1, 0.15) is 12.3 Å². The third kappa shape index (κ3) is 5.57. The second-order valence-corrected chi connectivity index (χ2v) is 8.71. The quantitative estimate of drug-likeness (QED) is 0.802. The first kappa shape index (κ1) is 21.8. The van der Waals surface area contributed by atoms with Crippen molar-refractivity contribution in [3.05, 3.63) is 45.7 Å². The number of likely N-dealkylation sites (tertiary alicyclic amines) is 1. The van der Waals surface area contributed by atoms with Crippen LogP contribution in [0.3, 0.4) is 0 Å². The summed E-state index contributed by atoms with van der Waals surface area (Å²) in [5, 5.41) is 12.5. The number of fused-ring (bicyclic) bond motifs is 1. The molecule has 160 valence electrons. The minimum Gasteiger partial charge on any atom is -0.443 e. The number of hydrogen-bond acceptors (Lipinski definition) is 5. The maximum atomic E-state index is 14.5. The lowest BCUT2D eigenvalue weighted by molar-refractivity contribution is -0.00936. The summed E-state index contributed by atoms with van der Waals surface area (Å²) in [4.78, 5) is 29.0. The van der Waals surface area contributed by atoms with Crippen molar-refractivity contribution >= 4 is 17.0 Å². The van der Waals surface area contributed by atoms with E-state index in [2.05, 4.69) is 16.4 Å².